The van der Waals surface area contributed by atoms with Crippen molar-refractivity contribution in [3.05, 3.63) is 12.7 Å². The molecule has 1 rings (SSSR count). The van der Waals surface area contributed by atoms with E-state index >= 15 is 0 Å². The highest BCUT2D eigenvalue weighted by Gasteiger charge is 2.21. The van der Waals surface area contributed by atoms with Gasteiger partial charge in [0.2, 0.25) is 0 Å². The van der Waals surface area contributed by atoms with E-state index in [1.165, 1.54) is 19.3 Å². The van der Waals surface area contributed by atoms with E-state index < -0.39 is 0 Å². The first kappa shape index (κ1) is 10.7. The average molecular weight is 183 g/mol. The maximum Gasteiger partial charge on any atom is 0.0509 e. The Balaban J connectivity index is 2.29. The van der Waals surface area contributed by atoms with Crippen LogP contribution in [0.5, 0.6) is 0 Å². The smallest absolute Gasteiger partial charge is 0.0509 e. The van der Waals surface area contributed by atoms with Gasteiger partial charge in [-0.25, -0.2) is 0 Å². The second kappa shape index (κ2) is 6.17. The lowest BCUT2D eigenvalue weighted by atomic mass is 9.91. The normalized spacial score (nSPS) is 25.5. The Kier molecular flexibility index (Phi) is 5.09. The third-order valence-electron chi connectivity index (χ3n) is 2.82. The van der Waals surface area contributed by atoms with E-state index in [1.54, 1.807) is 0 Å². The summed E-state index contributed by atoms with van der Waals surface area (Å²) in [6.07, 6.45) is 6.81. The van der Waals surface area contributed by atoms with Crippen molar-refractivity contribution in [1.82, 2.24) is 5.32 Å². The largest absolute Gasteiger partial charge is 0.381 e. The molecule has 0 aromatic carbocycles. The SMILES string of the molecule is C=CCCC(NC)C1CCCOC1. The zero-order chi connectivity index (χ0) is 9.52. The first-order valence-electron chi connectivity index (χ1n) is 5.24. The molecular weight excluding hydrogens is 162 g/mol. The number of hydrogen-bond acceptors (Lipinski definition) is 2. The van der Waals surface area contributed by atoms with Crippen molar-refractivity contribution in [2.75, 3.05) is 20.3 Å². The number of ether oxygens (including phenoxy) is 1. The fourth-order valence-corrected chi connectivity index (χ4v) is 2.00. The molecule has 0 bridgehead atoms. The lowest BCUT2D eigenvalue weighted by Gasteiger charge is -2.29. The van der Waals surface area contributed by atoms with Gasteiger partial charge in [-0.2, -0.15) is 0 Å². The molecule has 2 unspecified atom stereocenters. The maximum atomic E-state index is 5.48. The van der Waals surface area contributed by atoms with Crippen LogP contribution in [0.15, 0.2) is 12.7 Å². The van der Waals surface area contributed by atoms with E-state index in [0.717, 1.165) is 19.6 Å². The summed E-state index contributed by atoms with van der Waals surface area (Å²) in [5.41, 5.74) is 0. The summed E-state index contributed by atoms with van der Waals surface area (Å²) in [6, 6.07) is 0.610. The Morgan fingerprint density at radius 2 is 2.54 bits per heavy atom. The first-order valence-corrected chi connectivity index (χ1v) is 5.24. The molecule has 0 radical (unpaired) electrons. The Bertz CT molecular complexity index is 141. The van der Waals surface area contributed by atoms with Crippen LogP contribution in [0.3, 0.4) is 0 Å². The molecule has 0 spiro atoms. The monoisotopic (exact) mass is 183 g/mol. The maximum absolute atomic E-state index is 5.48. The molecule has 1 heterocycles. The van der Waals surface area contributed by atoms with Crippen LogP contribution in [0, 0.1) is 5.92 Å². The molecule has 0 amide bonds. The molecule has 1 aliphatic heterocycles. The van der Waals surface area contributed by atoms with Gasteiger partial charge in [-0.1, -0.05) is 6.08 Å². The first-order chi connectivity index (χ1) is 6.38. The molecule has 2 heteroatoms. The summed E-state index contributed by atoms with van der Waals surface area (Å²) in [5, 5.41) is 3.38. The molecule has 0 aromatic heterocycles. The lowest BCUT2D eigenvalue weighted by Crippen LogP contribution is -2.38. The van der Waals surface area contributed by atoms with Gasteiger partial charge in [-0.15, -0.1) is 6.58 Å². The van der Waals surface area contributed by atoms with Crippen molar-refractivity contribution in [2.24, 2.45) is 5.92 Å². The van der Waals surface area contributed by atoms with Gasteiger partial charge in [0.1, 0.15) is 0 Å². The van der Waals surface area contributed by atoms with Gasteiger partial charge in [0.15, 0.2) is 0 Å². The third-order valence-corrected chi connectivity index (χ3v) is 2.82. The van der Waals surface area contributed by atoms with Crippen molar-refractivity contribution in [1.29, 1.82) is 0 Å². The van der Waals surface area contributed by atoms with Crippen LogP contribution in [-0.4, -0.2) is 26.3 Å². The van der Waals surface area contributed by atoms with E-state index in [4.69, 9.17) is 4.74 Å². The quantitative estimate of drug-likeness (QED) is 0.658. The Labute approximate surface area is 81.4 Å². The van der Waals surface area contributed by atoms with Gasteiger partial charge in [-0.05, 0) is 38.6 Å². The highest BCUT2D eigenvalue weighted by atomic mass is 16.5. The van der Waals surface area contributed by atoms with Crippen LogP contribution < -0.4 is 5.32 Å². The number of rotatable bonds is 5. The highest BCUT2D eigenvalue weighted by molar-refractivity contribution is 4.80. The predicted octanol–water partition coefficient (Wildman–Crippen LogP) is 1.97. The van der Waals surface area contributed by atoms with E-state index in [9.17, 15) is 0 Å². The van der Waals surface area contributed by atoms with Crippen LogP contribution in [0.1, 0.15) is 25.7 Å². The molecule has 0 aliphatic carbocycles. The standard InChI is InChI=1S/C11H21NO/c1-3-4-7-11(12-2)10-6-5-8-13-9-10/h3,10-12H,1,4-9H2,2H3. The molecule has 0 saturated carbocycles. The zero-order valence-electron chi connectivity index (χ0n) is 8.59. The van der Waals surface area contributed by atoms with E-state index in [0.29, 0.717) is 12.0 Å². The Morgan fingerprint density at radius 1 is 1.69 bits per heavy atom. The topological polar surface area (TPSA) is 21.3 Å². The molecule has 0 aromatic rings. The van der Waals surface area contributed by atoms with Gasteiger partial charge in [-0.3, -0.25) is 0 Å². The van der Waals surface area contributed by atoms with Crippen molar-refractivity contribution in [3.8, 4) is 0 Å². The van der Waals surface area contributed by atoms with E-state index in [1.807, 2.05) is 13.1 Å². The summed E-state index contributed by atoms with van der Waals surface area (Å²) in [7, 11) is 2.04. The van der Waals surface area contributed by atoms with Gasteiger partial charge in [0.05, 0.1) is 6.61 Å². The predicted molar refractivity (Wildman–Crippen MR) is 55.8 cm³/mol. The Hall–Kier alpha value is -0.340. The summed E-state index contributed by atoms with van der Waals surface area (Å²) in [4.78, 5) is 0. The van der Waals surface area contributed by atoms with Gasteiger partial charge in [0.25, 0.3) is 0 Å². The minimum Gasteiger partial charge on any atom is -0.381 e. The average Bonchev–Trinajstić information content (AvgIpc) is 2.21. The summed E-state index contributed by atoms with van der Waals surface area (Å²) >= 11 is 0. The van der Waals surface area contributed by atoms with Crippen molar-refractivity contribution in [2.45, 2.75) is 31.7 Å². The van der Waals surface area contributed by atoms with E-state index in [-0.39, 0.29) is 0 Å². The van der Waals surface area contributed by atoms with E-state index in [2.05, 4.69) is 11.9 Å². The van der Waals surface area contributed by atoms with Gasteiger partial charge < -0.3 is 10.1 Å². The second-order valence-electron chi connectivity index (χ2n) is 3.74. The van der Waals surface area contributed by atoms with Crippen LogP contribution in [0.25, 0.3) is 0 Å². The van der Waals surface area contributed by atoms with Crippen molar-refractivity contribution < 1.29 is 4.74 Å². The minimum absolute atomic E-state index is 0.610. The molecule has 2 nitrogen and oxygen atoms in total. The summed E-state index contributed by atoms with van der Waals surface area (Å²) < 4.78 is 5.48. The molecule has 1 aliphatic rings. The molecular formula is C11H21NO. The fraction of sp³-hybridized carbons (Fsp3) is 0.818. The van der Waals surface area contributed by atoms with Crippen LogP contribution in [0.2, 0.25) is 0 Å². The van der Waals surface area contributed by atoms with Crippen LogP contribution >= 0.6 is 0 Å². The molecule has 76 valence electrons. The third kappa shape index (κ3) is 3.49. The fourth-order valence-electron chi connectivity index (χ4n) is 2.00. The molecule has 1 N–H and O–H groups in total. The summed E-state index contributed by atoms with van der Waals surface area (Å²) in [6.45, 7) is 5.64. The minimum atomic E-state index is 0.610. The van der Waals surface area contributed by atoms with Gasteiger partial charge in [0, 0.05) is 12.6 Å². The second-order valence-corrected chi connectivity index (χ2v) is 3.74. The van der Waals surface area contributed by atoms with Crippen molar-refractivity contribution >= 4 is 0 Å². The van der Waals surface area contributed by atoms with Gasteiger partial charge >= 0.3 is 0 Å². The zero-order valence-corrected chi connectivity index (χ0v) is 8.59. The summed E-state index contributed by atoms with van der Waals surface area (Å²) in [5.74, 6) is 0.707. The molecule has 1 saturated heterocycles. The highest BCUT2D eigenvalue weighted by Crippen LogP contribution is 2.20. The number of allylic oxidation sites excluding steroid dienone is 1. The van der Waals surface area contributed by atoms with Crippen molar-refractivity contribution in [3.63, 3.8) is 0 Å². The molecule has 2 atom stereocenters. The number of hydrogen-bond donors (Lipinski definition) is 1. The molecule has 13 heavy (non-hydrogen) atoms. The molecule has 1 fully saturated rings. The van der Waals surface area contributed by atoms with Crippen LogP contribution in [-0.2, 0) is 4.74 Å². The Morgan fingerprint density at radius 3 is 3.08 bits per heavy atom. The lowest BCUT2D eigenvalue weighted by molar-refractivity contribution is 0.0393. The number of nitrogens with one attached hydrogen (secondary N) is 1. The van der Waals surface area contributed by atoms with Crippen LogP contribution in [0.4, 0.5) is 0 Å².